The highest BCUT2D eigenvalue weighted by atomic mass is 16.3. The number of carbonyl (C=O) groups is 1. The molecular formula is C16H16N2O2. The van der Waals surface area contributed by atoms with E-state index in [0.29, 0.717) is 12.1 Å². The minimum atomic E-state index is -0.637. The van der Waals surface area contributed by atoms with Crippen LogP contribution in [0.3, 0.4) is 0 Å². The molecule has 0 aliphatic carbocycles. The molecule has 2 atom stereocenters. The molecule has 3 N–H and O–H groups in total. The number of hydrogen-bond acceptors (Lipinski definition) is 3. The fraction of sp³-hybridized carbons (Fsp3) is 0.188. The Bertz CT molecular complexity index is 596. The lowest BCUT2D eigenvalue weighted by Crippen LogP contribution is -2.64. The minimum Gasteiger partial charge on any atom is -0.376 e. The Labute approximate surface area is 117 Å². The average molecular weight is 268 g/mol. The van der Waals surface area contributed by atoms with Crippen LogP contribution in [0.1, 0.15) is 10.4 Å². The van der Waals surface area contributed by atoms with Gasteiger partial charge >= 0.3 is 0 Å². The number of hydrogen-bond donors (Lipinski definition) is 3. The molecule has 0 bridgehead atoms. The van der Waals surface area contributed by atoms with Crippen molar-refractivity contribution in [2.75, 3.05) is 6.54 Å². The van der Waals surface area contributed by atoms with E-state index in [4.69, 9.17) is 0 Å². The highest BCUT2D eigenvalue weighted by Crippen LogP contribution is 2.19. The standard InChI is InChI=1S/C16H16N2O2/c19-15(18-14-10-17-16(14)20)13-8-6-12(7-9-13)11-4-2-1-3-5-11/h1-9,14,16-17,20H,10H2,(H,18,19). The number of amides is 1. The third-order valence-electron chi connectivity index (χ3n) is 3.50. The predicted molar refractivity (Wildman–Crippen MR) is 77.1 cm³/mol. The predicted octanol–water partition coefficient (Wildman–Crippen LogP) is 1.37. The van der Waals surface area contributed by atoms with E-state index in [0.717, 1.165) is 11.1 Å². The third-order valence-corrected chi connectivity index (χ3v) is 3.50. The van der Waals surface area contributed by atoms with Gasteiger partial charge in [-0.2, -0.15) is 0 Å². The van der Waals surface area contributed by atoms with Gasteiger partial charge in [0.2, 0.25) is 0 Å². The lowest BCUT2D eigenvalue weighted by atomic mass is 10.0. The van der Waals surface area contributed by atoms with E-state index in [1.807, 2.05) is 42.5 Å². The van der Waals surface area contributed by atoms with Crippen molar-refractivity contribution < 1.29 is 9.90 Å². The summed E-state index contributed by atoms with van der Waals surface area (Å²) >= 11 is 0. The van der Waals surface area contributed by atoms with Crippen molar-refractivity contribution in [1.29, 1.82) is 0 Å². The topological polar surface area (TPSA) is 61.4 Å². The zero-order valence-electron chi connectivity index (χ0n) is 10.9. The molecule has 3 rings (SSSR count). The molecule has 102 valence electrons. The summed E-state index contributed by atoms with van der Waals surface area (Å²) in [6.07, 6.45) is -0.637. The maximum absolute atomic E-state index is 12.0. The van der Waals surface area contributed by atoms with E-state index in [2.05, 4.69) is 10.6 Å². The molecule has 20 heavy (non-hydrogen) atoms. The van der Waals surface area contributed by atoms with Crippen LogP contribution >= 0.6 is 0 Å². The van der Waals surface area contributed by atoms with Gasteiger partial charge in [-0.05, 0) is 23.3 Å². The highest BCUT2D eigenvalue weighted by molar-refractivity contribution is 5.95. The van der Waals surface area contributed by atoms with Gasteiger partial charge in [0, 0.05) is 12.1 Å². The molecular weight excluding hydrogens is 252 g/mol. The fourth-order valence-electron chi connectivity index (χ4n) is 2.17. The Kier molecular flexibility index (Phi) is 3.50. The molecule has 0 spiro atoms. The van der Waals surface area contributed by atoms with Crippen LogP contribution in [-0.4, -0.2) is 29.8 Å². The molecule has 1 amide bonds. The Hall–Kier alpha value is -2.17. The first kappa shape index (κ1) is 12.8. The number of carbonyl (C=O) groups excluding carboxylic acids is 1. The molecule has 2 unspecified atom stereocenters. The van der Waals surface area contributed by atoms with Gasteiger partial charge in [-0.1, -0.05) is 42.5 Å². The summed E-state index contributed by atoms with van der Waals surface area (Å²) in [7, 11) is 0. The third kappa shape index (κ3) is 2.57. The highest BCUT2D eigenvalue weighted by Gasteiger charge is 2.29. The molecule has 0 saturated carbocycles. The van der Waals surface area contributed by atoms with Gasteiger partial charge in [0.25, 0.3) is 5.91 Å². The molecule has 2 aromatic rings. The van der Waals surface area contributed by atoms with Crippen LogP contribution in [0.15, 0.2) is 54.6 Å². The summed E-state index contributed by atoms with van der Waals surface area (Å²) in [4.78, 5) is 12.0. The number of aliphatic hydroxyl groups is 1. The smallest absolute Gasteiger partial charge is 0.251 e. The molecule has 0 aromatic heterocycles. The zero-order valence-corrected chi connectivity index (χ0v) is 10.9. The zero-order chi connectivity index (χ0) is 13.9. The molecule has 1 saturated heterocycles. The van der Waals surface area contributed by atoms with Gasteiger partial charge in [-0.3, -0.25) is 10.1 Å². The first-order valence-corrected chi connectivity index (χ1v) is 6.62. The molecule has 1 aliphatic rings. The molecule has 0 radical (unpaired) electrons. The first-order valence-electron chi connectivity index (χ1n) is 6.62. The van der Waals surface area contributed by atoms with Gasteiger partial charge < -0.3 is 10.4 Å². The molecule has 1 heterocycles. The van der Waals surface area contributed by atoms with Gasteiger partial charge in [0.05, 0.1) is 6.04 Å². The number of benzene rings is 2. The summed E-state index contributed by atoms with van der Waals surface area (Å²) in [5.74, 6) is -0.157. The molecule has 1 aliphatic heterocycles. The van der Waals surface area contributed by atoms with Crippen molar-refractivity contribution in [3.63, 3.8) is 0 Å². The van der Waals surface area contributed by atoms with Gasteiger partial charge in [0.1, 0.15) is 6.23 Å². The first-order chi connectivity index (χ1) is 9.74. The fourth-order valence-corrected chi connectivity index (χ4v) is 2.17. The maximum Gasteiger partial charge on any atom is 0.251 e. The van der Waals surface area contributed by atoms with E-state index in [1.165, 1.54) is 0 Å². The molecule has 4 heteroatoms. The normalized spacial score (nSPS) is 21.1. The average Bonchev–Trinajstić information content (AvgIpc) is 2.52. The van der Waals surface area contributed by atoms with Gasteiger partial charge in [-0.15, -0.1) is 0 Å². The van der Waals surface area contributed by atoms with E-state index in [-0.39, 0.29) is 11.9 Å². The Morgan fingerprint density at radius 1 is 1.05 bits per heavy atom. The van der Waals surface area contributed by atoms with Crippen LogP contribution in [-0.2, 0) is 0 Å². The Morgan fingerprint density at radius 3 is 2.25 bits per heavy atom. The van der Waals surface area contributed by atoms with Crippen LogP contribution in [0.4, 0.5) is 0 Å². The van der Waals surface area contributed by atoms with E-state index >= 15 is 0 Å². The van der Waals surface area contributed by atoms with Crippen LogP contribution in [0.5, 0.6) is 0 Å². The van der Waals surface area contributed by atoms with Crippen LogP contribution in [0, 0.1) is 0 Å². The summed E-state index contributed by atoms with van der Waals surface area (Å²) < 4.78 is 0. The second-order valence-electron chi connectivity index (χ2n) is 4.88. The maximum atomic E-state index is 12.0. The van der Waals surface area contributed by atoms with Crippen molar-refractivity contribution in [3.8, 4) is 11.1 Å². The van der Waals surface area contributed by atoms with Crippen molar-refractivity contribution in [2.24, 2.45) is 0 Å². The van der Waals surface area contributed by atoms with Crippen LogP contribution in [0.25, 0.3) is 11.1 Å². The monoisotopic (exact) mass is 268 g/mol. The van der Waals surface area contributed by atoms with Gasteiger partial charge in [-0.25, -0.2) is 0 Å². The van der Waals surface area contributed by atoms with Crippen LogP contribution in [0.2, 0.25) is 0 Å². The molecule has 1 fully saturated rings. The second-order valence-corrected chi connectivity index (χ2v) is 4.88. The van der Waals surface area contributed by atoms with Crippen molar-refractivity contribution in [2.45, 2.75) is 12.3 Å². The minimum absolute atomic E-state index is 0.157. The van der Waals surface area contributed by atoms with Crippen molar-refractivity contribution >= 4 is 5.91 Å². The van der Waals surface area contributed by atoms with Crippen molar-refractivity contribution in [1.82, 2.24) is 10.6 Å². The number of nitrogens with one attached hydrogen (secondary N) is 2. The lowest BCUT2D eigenvalue weighted by Gasteiger charge is -2.34. The Balaban J connectivity index is 1.71. The largest absolute Gasteiger partial charge is 0.376 e. The van der Waals surface area contributed by atoms with E-state index < -0.39 is 6.23 Å². The summed E-state index contributed by atoms with van der Waals surface area (Å²) in [6.45, 7) is 0.606. The quantitative estimate of drug-likeness (QED) is 0.788. The summed E-state index contributed by atoms with van der Waals surface area (Å²) in [6, 6.07) is 17.3. The van der Waals surface area contributed by atoms with Gasteiger partial charge in [0.15, 0.2) is 0 Å². The SMILES string of the molecule is O=C(NC1CNC1O)c1ccc(-c2ccccc2)cc1. The number of aliphatic hydroxyl groups excluding tert-OH is 1. The van der Waals surface area contributed by atoms with E-state index in [9.17, 15) is 9.90 Å². The molecule has 4 nitrogen and oxygen atoms in total. The second kappa shape index (κ2) is 5.45. The number of rotatable bonds is 3. The Morgan fingerprint density at radius 2 is 1.70 bits per heavy atom. The van der Waals surface area contributed by atoms with E-state index in [1.54, 1.807) is 12.1 Å². The lowest BCUT2D eigenvalue weighted by molar-refractivity contribution is 0.0300. The summed E-state index contributed by atoms with van der Waals surface area (Å²) in [5.41, 5.74) is 2.80. The van der Waals surface area contributed by atoms with Crippen molar-refractivity contribution in [3.05, 3.63) is 60.2 Å². The summed E-state index contributed by atoms with van der Waals surface area (Å²) in [5, 5.41) is 14.9. The van der Waals surface area contributed by atoms with Crippen LogP contribution < -0.4 is 10.6 Å². The molecule has 2 aromatic carbocycles.